The number of nitrogens with one attached hydrogen (secondary N) is 1. The van der Waals surface area contributed by atoms with E-state index in [1.54, 1.807) is 19.1 Å². The zero-order chi connectivity index (χ0) is 14.5. The summed E-state index contributed by atoms with van der Waals surface area (Å²) in [5, 5.41) is 3.37. The number of rotatable bonds is 5. The molecule has 0 atom stereocenters. The van der Waals surface area contributed by atoms with Gasteiger partial charge in [-0.25, -0.2) is 4.39 Å². The summed E-state index contributed by atoms with van der Waals surface area (Å²) in [5.74, 6) is 1.24. The molecule has 0 aliphatic heterocycles. The molecule has 2 aromatic carbocycles. The summed E-state index contributed by atoms with van der Waals surface area (Å²) < 4.78 is 19.1. The van der Waals surface area contributed by atoms with E-state index in [4.69, 9.17) is 4.74 Å². The summed E-state index contributed by atoms with van der Waals surface area (Å²) in [4.78, 5) is 0. The van der Waals surface area contributed by atoms with Crippen molar-refractivity contribution in [1.29, 1.82) is 0 Å². The third-order valence-corrected chi connectivity index (χ3v) is 3.03. The van der Waals surface area contributed by atoms with Crippen LogP contribution in [0.3, 0.4) is 0 Å². The number of hydrogen-bond acceptors (Lipinski definition) is 2. The molecule has 1 N–H and O–H groups in total. The molecule has 0 fully saturated rings. The maximum absolute atomic E-state index is 13.3. The average Bonchev–Trinajstić information content (AvgIpc) is 2.42. The highest BCUT2D eigenvalue weighted by molar-refractivity contribution is 5.39. The van der Waals surface area contributed by atoms with E-state index >= 15 is 0 Å². The highest BCUT2D eigenvalue weighted by Crippen LogP contribution is 2.26. The molecule has 2 aromatic rings. The first kappa shape index (κ1) is 14.5. The van der Waals surface area contributed by atoms with E-state index in [1.807, 2.05) is 24.3 Å². The molecule has 2 nitrogen and oxygen atoms in total. The Kier molecular flexibility index (Phi) is 4.74. The van der Waals surface area contributed by atoms with Gasteiger partial charge in [0.2, 0.25) is 0 Å². The van der Waals surface area contributed by atoms with Crippen molar-refractivity contribution in [1.82, 2.24) is 5.32 Å². The molecular weight excluding hydrogens is 253 g/mol. The van der Waals surface area contributed by atoms with Crippen molar-refractivity contribution in [3.8, 4) is 11.5 Å². The molecule has 0 aliphatic carbocycles. The van der Waals surface area contributed by atoms with Crippen LogP contribution in [0.2, 0.25) is 0 Å². The lowest BCUT2D eigenvalue weighted by molar-refractivity contribution is 0.467. The Bertz CT molecular complexity index is 581. The highest BCUT2D eigenvalue weighted by atomic mass is 19.1. The first-order chi connectivity index (χ1) is 9.56. The van der Waals surface area contributed by atoms with E-state index in [0.717, 1.165) is 17.9 Å². The third-order valence-electron chi connectivity index (χ3n) is 3.03. The molecular formula is C17H20FNO. The summed E-state index contributed by atoms with van der Waals surface area (Å²) in [6.45, 7) is 6.68. The number of halogens is 1. The van der Waals surface area contributed by atoms with E-state index in [9.17, 15) is 4.39 Å². The van der Waals surface area contributed by atoms with Gasteiger partial charge in [-0.15, -0.1) is 0 Å². The predicted octanol–water partition coefficient (Wildman–Crippen LogP) is 4.42. The fraction of sp³-hybridized carbons (Fsp3) is 0.294. The van der Waals surface area contributed by atoms with E-state index < -0.39 is 0 Å². The van der Waals surface area contributed by atoms with Crippen LogP contribution in [0.5, 0.6) is 11.5 Å². The second-order valence-corrected chi connectivity index (χ2v) is 5.16. The van der Waals surface area contributed by atoms with Gasteiger partial charge >= 0.3 is 0 Å². The van der Waals surface area contributed by atoms with Crippen molar-refractivity contribution in [3.63, 3.8) is 0 Å². The van der Waals surface area contributed by atoms with Gasteiger partial charge < -0.3 is 10.1 Å². The van der Waals surface area contributed by atoms with Gasteiger partial charge in [0.25, 0.3) is 0 Å². The SMILES string of the molecule is Cc1cc(Oc2ccccc2CNC(C)C)ccc1F. The van der Waals surface area contributed by atoms with Crippen LogP contribution in [0.1, 0.15) is 25.0 Å². The summed E-state index contributed by atoms with van der Waals surface area (Å²) in [5.41, 5.74) is 1.67. The molecule has 0 saturated heterocycles. The first-order valence-corrected chi connectivity index (χ1v) is 6.81. The van der Waals surface area contributed by atoms with E-state index in [0.29, 0.717) is 17.4 Å². The molecule has 3 heteroatoms. The van der Waals surface area contributed by atoms with E-state index in [1.165, 1.54) is 6.07 Å². The minimum Gasteiger partial charge on any atom is -0.457 e. The van der Waals surface area contributed by atoms with Gasteiger partial charge in [-0.1, -0.05) is 32.0 Å². The minimum atomic E-state index is -0.216. The fourth-order valence-electron chi connectivity index (χ4n) is 1.87. The van der Waals surface area contributed by atoms with Crippen LogP contribution >= 0.6 is 0 Å². The van der Waals surface area contributed by atoms with Gasteiger partial charge in [0.1, 0.15) is 17.3 Å². The Morgan fingerprint density at radius 2 is 1.90 bits per heavy atom. The first-order valence-electron chi connectivity index (χ1n) is 6.81. The summed E-state index contributed by atoms with van der Waals surface area (Å²) in [6, 6.07) is 13.1. The van der Waals surface area contributed by atoms with E-state index in [-0.39, 0.29) is 5.82 Å². The van der Waals surface area contributed by atoms with Gasteiger partial charge in [0, 0.05) is 18.2 Å². The van der Waals surface area contributed by atoms with Crippen molar-refractivity contribution in [3.05, 3.63) is 59.4 Å². The Hall–Kier alpha value is -1.87. The minimum absolute atomic E-state index is 0.216. The number of aryl methyl sites for hydroxylation is 1. The number of para-hydroxylation sites is 1. The summed E-state index contributed by atoms with van der Waals surface area (Å²) in [6.07, 6.45) is 0. The molecule has 0 spiro atoms. The molecule has 0 radical (unpaired) electrons. The molecule has 0 bridgehead atoms. The van der Waals surface area contributed by atoms with Crippen molar-refractivity contribution < 1.29 is 9.13 Å². The highest BCUT2D eigenvalue weighted by Gasteiger charge is 2.06. The second-order valence-electron chi connectivity index (χ2n) is 5.16. The summed E-state index contributed by atoms with van der Waals surface area (Å²) in [7, 11) is 0. The Labute approximate surface area is 119 Å². The molecule has 106 valence electrons. The zero-order valence-corrected chi connectivity index (χ0v) is 12.1. The normalized spacial score (nSPS) is 10.8. The quantitative estimate of drug-likeness (QED) is 0.870. The van der Waals surface area contributed by atoms with Crippen LogP contribution < -0.4 is 10.1 Å². The van der Waals surface area contributed by atoms with Gasteiger partial charge in [-0.3, -0.25) is 0 Å². The molecule has 20 heavy (non-hydrogen) atoms. The smallest absolute Gasteiger partial charge is 0.131 e. The topological polar surface area (TPSA) is 21.3 Å². The second kappa shape index (κ2) is 6.53. The fourth-order valence-corrected chi connectivity index (χ4v) is 1.87. The predicted molar refractivity (Wildman–Crippen MR) is 79.6 cm³/mol. The lowest BCUT2D eigenvalue weighted by Gasteiger charge is -2.13. The van der Waals surface area contributed by atoms with Gasteiger partial charge in [-0.05, 0) is 36.8 Å². The van der Waals surface area contributed by atoms with Gasteiger partial charge in [0.05, 0.1) is 0 Å². The molecule has 0 aliphatic rings. The van der Waals surface area contributed by atoms with Gasteiger partial charge in [-0.2, -0.15) is 0 Å². The zero-order valence-electron chi connectivity index (χ0n) is 12.1. The van der Waals surface area contributed by atoms with Crippen LogP contribution in [-0.2, 0) is 6.54 Å². The number of hydrogen-bond donors (Lipinski definition) is 1. The maximum Gasteiger partial charge on any atom is 0.131 e. The van der Waals surface area contributed by atoms with Gasteiger partial charge in [0.15, 0.2) is 0 Å². The van der Waals surface area contributed by atoms with E-state index in [2.05, 4.69) is 19.2 Å². The number of ether oxygens (including phenoxy) is 1. The Morgan fingerprint density at radius 3 is 2.60 bits per heavy atom. The molecule has 0 heterocycles. The molecule has 0 saturated carbocycles. The largest absolute Gasteiger partial charge is 0.457 e. The van der Waals surface area contributed by atoms with Crippen LogP contribution in [0.4, 0.5) is 4.39 Å². The summed E-state index contributed by atoms with van der Waals surface area (Å²) >= 11 is 0. The van der Waals surface area contributed by atoms with Crippen molar-refractivity contribution in [2.24, 2.45) is 0 Å². The molecule has 2 rings (SSSR count). The lowest BCUT2D eigenvalue weighted by Crippen LogP contribution is -2.22. The Balaban J connectivity index is 2.17. The van der Waals surface area contributed by atoms with Crippen LogP contribution in [-0.4, -0.2) is 6.04 Å². The van der Waals surface area contributed by atoms with Crippen LogP contribution in [0.25, 0.3) is 0 Å². The molecule has 0 amide bonds. The monoisotopic (exact) mass is 273 g/mol. The molecule has 0 aromatic heterocycles. The number of benzene rings is 2. The van der Waals surface area contributed by atoms with Crippen LogP contribution in [0, 0.1) is 12.7 Å². The average molecular weight is 273 g/mol. The van der Waals surface area contributed by atoms with Crippen molar-refractivity contribution in [2.75, 3.05) is 0 Å². The Morgan fingerprint density at radius 1 is 1.15 bits per heavy atom. The maximum atomic E-state index is 13.3. The van der Waals surface area contributed by atoms with Crippen molar-refractivity contribution >= 4 is 0 Å². The third kappa shape index (κ3) is 3.81. The lowest BCUT2D eigenvalue weighted by atomic mass is 10.2. The van der Waals surface area contributed by atoms with Crippen molar-refractivity contribution in [2.45, 2.75) is 33.4 Å². The molecule has 0 unspecified atom stereocenters. The standard InChI is InChI=1S/C17H20FNO/c1-12(2)19-11-14-6-4-5-7-17(14)20-15-8-9-16(18)13(3)10-15/h4-10,12,19H,11H2,1-3H3. The van der Waals surface area contributed by atoms with Crippen LogP contribution in [0.15, 0.2) is 42.5 Å².